The second kappa shape index (κ2) is 4.72. The minimum Gasteiger partial charge on any atom is -0.330 e. The Morgan fingerprint density at radius 2 is 2.00 bits per heavy atom. The molecule has 1 unspecified atom stereocenters. The predicted octanol–water partition coefficient (Wildman–Crippen LogP) is 0.406. The van der Waals surface area contributed by atoms with Crippen LogP contribution in [0.25, 0.3) is 0 Å². The standard InChI is InChI=1S/C7H17NO2S/c1-3-4-7(5-8)6-11(2,9)10/h7H,3-6,8H2,1-2H3. The smallest absolute Gasteiger partial charge is 0.147 e. The van der Waals surface area contributed by atoms with Gasteiger partial charge < -0.3 is 5.73 Å². The molecule has 0 radical (unpaired) electrons. The summed E-state index contributed by atoms with van der Waals surface area (Å²) < 4.78 is 21.6. The summed E-state index contributed by atoms with van der Waals surface area (Å²) in [7, 11) is -2.84. The summed E-state index contributed by atoms with van der Waals surface area (Å²) >= 11 is 0. The zero-order chi connectivity index (χ0) is 8.91. The van der Waals surface area contributed by atoms with Crippen molar-refractivity contribution in [2.75, 3.05) is 18.6 Å². The monoisotopic (exact) mass is 179 g/mol. The van der Waals surface area contributed by atoms with Gasteiger partial charge in [-0.2, -0.15) is 0 Å². The molecule has 0 saturated carbocycles. The van der Waals surface area contributed by atoms with Gasteiger partial charge in [0.15, 0.2) is 0 Å². The van der Waals surface area contributed by atoms with Gasteiger partial charge in [-0.15, -0.1) is 0 Å². The van der Waals surface area contributed by atoms with Gasteiger partial charge in [-0.25, -0.2) is 8.42 Å². The molecule has 0 spiro atoms. The highest BCUT2D eigenvalue weighted by Crippen LogP contribution is 2.06. The Morgan fingerprint density at radius 1 is 1.45 bits per heavy atom. The van der Waals surface area contributed by atoms with E-state index in [0.29, 0.717) is 6.54 Å². The van der Waals surface area contributed by atoms with Crippen LogP contribution in [0.4, 0.5) is 0 Å². The molecule has 0 aliphatic rings. The highest BCUT2D eigenvalue weighted by atomic mass is 32.2. The molecule has 0 aliphatic heterocycles. The van der Waals surface area contributed by atoms with Gasteiger partial charge >= 0.3 is 0 Å². The van der Waals surface area contributed by atoms with E-state index < -0.39 is 9.84 Å². The normalized spacial score (nSPS) is 14.8. The van der Waals surface area contributed by atoms with E-state index in [1.54, 1.807) is 0 Å². The van der Waals surface area contributed by atoms with E-state index in [1.165, 1.54) is 6.26 Å². The van der Waals surface area contributed by atoms with E-state index in [0.717, 1.165) is 12.8 Å². The average Bonchev–Trinajstić information content (AvgIpc) is 1.84. The van der Waals surface area contributed by atoms with Crippen molar-refractivity contribution in [2.45, 2.75) is 19.8 Å². The Bertz CT molecular complexity index is 187. The molecule has 0 aromatic rings. The lowest BCUT2D eigenvalue weighted by atomic mass is 10.1. The molecule has 0 heterocycles. The van der Waals surface area contributed by atoms with Gasteiger partial charge in [-0.1, -0.05) is 13.3 Å². The van der Waals surface area contributed by atoms with E-state index in [2.05, 4.69) is 0 Å². The molecule has 1 atom stereocenters. The molecule has 0 amide bonds. The molecule has 68 valence electrons. The van der Waals surface area contributed by atoms with Crippen LogP contribution in [0.2, 0.25) is 0 Å². The first-order valence-corrected chi connectivity index (χ1v) is 5.93. The van der Waals surface area contributed by atoms with Gasteiger partial charge in [-0.05, 0) is 18.9 Å². The van der Waals surface area contributed by atoms with Crippen molar-refractivity contribution < 1.29 is 8.42 Å². The SMILES string of the molecule is CCCC(CN)CS(C)(=O)=O. The zero-order valence-corrected chi connectivity index (χ0v) is 8.02. The molecule has 0 rings (SSSR count). The Labute approximate surface area is 68.9 Å². The second-order valence-corrected chi connectivity index (χ2v) is 5.17. The summed E-state index contributed by atoms with van der Waals surface area (Å²) in [6.07, 6.45) is 3.16. The van der Waals surface area contributed by atoms with E-state index in [1.807, 2.05) is 6.92 Å². The van der Waals surface area contributed by atoms with Gasteiger partial charge in [0.05, 0.1) is 5.75 Å². The van der Waals surface area contributed by atoms with Gasteiger partial charge in [0.25, 0.3) is 0 Å². The van der Waals surface area contributed by atoms with E-state index in [-0.39, 0.29) is 11.7 Å². The maximum atomic E-state index is 10.8. The van der Waals surface area contributed by atoms with Crippen LogP contribution in [0, 0.1) is 5.92 Å². The van der Waals surface area contributed by atoms with Crippen molar-refractivity contribution >= 4 is 9.84 Å². The minimum atomic E-state index is -2.84. The molecule has 2 N–H and O–H groups in total. The van der Waals surface area contributed by atoms with Crippen molar-refractivity contribution in [3.8, 4) is 0 Å². The molecule has 11 heavy (non-hydrogen) atoms. The van der Waals surface area contributed by atoms with Crippen molar-refractivity contribution in [1.82, 2.24) is 0 Å². The predicted molar refractivity (Wildman–Crippen MR) is 47.2 cm³/mol. The van der Waals surface area contributed by atoms with Crippen LogP contribution in [0.3, 0.4) is 0 Å². The molecule has 0 saturated heterocycles. The first-order chi connectivity index (χ1) is 4.99. The fraction of sp³-hybridized carbons (Fsp3) is 1.00. The maximum absolute atomic E-state index is 10.8. The molecule has 0 fully saturated rings. The van der Waals surface area contributed by atoms with Gasteiger partial charge in [0, 0.05) is 6.26 Å². The van der Waals surface area contributed by atoms with Crippen LogP contribution >= 0.6 is 0 Å². The summed E-state index contributed by atoms with van der Waals surface area (Å²) in [4.78, 5) is 0. The third-order valence-corrected chi connectivity index (χ3v) is 2.65. The van der Waals surface area contributed by atoms with Crippen LogP contribution in [0.15, 0.2) is 0 Å². The highest BCUT2D eigenvalue weighted by molar-refractivity contribution is 7.90. The molecular formula is C7H17NO2S. The number of nitrogens with two attached hydrogens (primary N) is 1. The molecule has 0 aromatic carbocycles. The van der Waals surface area contributed by atoms with Crippen molar-refractivity contribution in [1.29, 1.82) is 0 Å². The summed E-state index contributed by atoms with van der Waals surface area (Å²) in [5.41, 5.74) is 5.40. The average molecular weight is 179 g/mol. The summed E-state index contributed by atoms with van der Waals surface area (Å²) in [6.45, 7) is 2.51. The maximum Gasteiger partial charge on any atom is 0.147 e. The first kappa shape index (κ1) is 10.9. The molecule has 0 aromatic heterocycles. The van der Waals surface area contributed by atoms with Gasteiger partial charge in [0.1, 0.15) is 9.84 Å². The summed E-state index contributed by atoms with van der Waals surface area (Å²) in [6, 6.07) is 0. The Kier molecular flexibility index (Phi) is 4.68. The van der Waals surface area contributed by atoms with Crippen LogP contribution in [0.1, 0.15) is 19.8 Å². The van der Waals surface area contributed by atoms with E-state index >= 15 is 0 Å². The quantitative estimate of drug-likeness (QED) is 0.665. The van der Waals surface area contributed by atoms with Crippen LogP contribution < -0.4 is 5.73 Å². The lowest BCUT2D eigenvalue weighted by molar-refractivity contribution is 0.521. The van der Waals surface area contributed by atoms with Crippen molar-refractivity contribution in [3.63, 3.8) is 0 Å². The number of hydrogen-bond acceptors (Lipinski definition) is 3. The number of hydrogen-bond donors (Lipinski definition) is 1. The fourth-order valence-electron chi connectivity index (χ4n) is 1.11. The molecule has 0 bridgehead atoms. The van der Waals surface area contributed by atoms with Crippen molar-refractivity contribution in [2.24, 2.45) is 11.7 Å². The van der Waals surface area contributed by atoms with Gasteiger partial charge in [0.2, 0.25) is 0 Å². The minimum absolute atomic E-state index is 0.148. The number of sulfone groups is 1. The first-order valence-electron chi connectivity index (χ1n) is 3.87. The lowest BCUT2D eigenvalue weighted by Gasteiger charge is -2.10. The fourth-order valence-corrected chi connectivity index (χ4v) is 2.26. The second-order valence-electron chi connectivity index (χ2n) is 2.98. The summed E-state index contributed by atoms with van der Waals surface area (Å²) in [5.74, 6) is 0.382. The molecule has 3 nitrogen and oxygen atoms in total. The molecule has 4 heteroatoms. The summed E-state index contributed by atoms with van der Waals surface area (Å²) in [5, 5.41) is 0. The van der Waals surface area contributed by atoms with E-state index in [4.69, 9.17) is 5.73 Å². The third-order valence-electron chi connectivity index (χ3n) is 1.57. The highest BCUT2D eigenvalue weighted by Gasteiger charge is 2.12. The third kappa shape index (κ3) is 6.31. The molecule has 0 aliphatic carbocycles. The Balaban J connectivity index is 3.88. The van der Waals surface area contributed by atoms with Gasteiger partial charge in [-0.3, -0.25) is 0 Å². The topological polar surface area (TPSA) is 60.2 Å². The zero-order valence-electron chi connectivity index (χ0n) is 7.21. The largest absolute Gasteiger partial charge is 0.330 e. The Morgan fingerprint density at radius 3 is 2.27 bits per heavy atom. The van der Waals surface area contributed by atoms with E-state index in [9.17, 15) is 8.42 Å². The van der Waals surface area contributed by atoms with Crippen LogP contribution in [-0.4, -0.2) is 27.0 Å². The molecular weight excluding hydrogens is 162 g/mol. The van der Waals surface area contributed by atoms with Crippen molar-refractivity contribution in [3.05, 3.63) is 0 Å². The van der Waals surface area contributed by atoms with Crippen LogP contribution in [-0.2, 0) is 9.84 Å². The lowest BCUT2D eigenvalue weighted by Crippen LogP contribution is -2.22. The Hall–Kier alpha value is -0.0900. The number of rotatable bonds is 5. The van der Waals surface area contributed by atoms with Crippen LogP contribution in [0.5, 0.6) is 0 Å².